The van der Waals surface area contributed by atoms with Crippen LogP contribution in [0.5, 0.6) is 0 Å². The van der Waals surface area contributed by atoms with Gasteiger partial charge < -0.3 is 0 Å². The Balaban J connectivity index is 2.45. The summed E-state index contributed by atoms with van der Waals surface area (Å²) in [6, 6.07) is 4.00. The summed E-state index contributed by atoms with van der Waals surface area (Å²) in [5.74, 6) is 0. The van der Waals surface area contributed by atoms with Crippen molar-refractivity contribution in [2.24, 2.45) is 20.4 Å². The van der Waals surface area contributed by atoms with Crippen molar-refractivity contribution in [3.8, 4) is 0 Å². The van der Waals surface area contributed by atoms with Gasteiger partial charge in [-0.2, -0.15) is 20.4 Å². The SMILES string of the molecule is CC1=NN=c2cc3c(cc21)=C(C)N=N3. The van der Waals surface area contributed by atoms with Gasteiger partial charge in [-0.1, -0.05) is 0 Å². The van der Waals surface area contributed by atoms with Crippen molar-refractivity contribution in [3.63, 3.8) is 0 Å². The maximum Gasteiger partial charge on any atom is 0.0970 e. The van der Waals surface area contributed by atoms with Gasteiger partial charge in [0, 0.05) is 10.8 Å². The molecule has 68 valence electrons. The number of fused-ring (bicyclic) bond motifs is 2. The molecule has 0 fully saturated rings. The topological polar surface area (TPSA) is 49.4 Å². The van der Waals surface area contributed by atoms with E-state index in [-0.39, 0.29) is 0 Å². The summed E-state index contributed by atoms with van der Waals surface area (Å²) in [6.45, 7) is 3.92. The average molecular weight is 184 g/mol. The molecule has 4 nitrogen and oxygen atoms in total. The molecule has 0 spiro atoms. The van der Waals surface area contributed by atoms with E-state index in [0.29, 0.717) is 0 Å². The summed E-state index contributed by atoms with van der Waals surface area (Å²) < 4.78 is 0. The molecule has 0 radical (unpaired) electrons. The van der Waals surface area contributed by atoms with Gasteiger partial charge in [-0.05, 0) is 26.0 Å². The second-order valence-corrected chi connectivity index (χ2v) is 3.46. The molecule has 0 unspecified atom stereocenters. The average Bonchev–Trinajstić information content (AvgIpc) is 2.71. The maximum absolute atomic E-state index is 4.06. The molecule has 4 heteroatoms. The molecule has 0 saturated carbocycles. The second-order valence-electron chi connectivity index (χ2n) is 3.46. The Morgan fingerprint density at radius 1 is 1.00 bits per heavy atom. The molecule has 1 aromatic rings. The van der Waals surface area contributed by atoms with Crippen LogP contribution in [0.1, 0.15) is 19.4 Å². The van der Waals surface area contributed by atoms with E-state index in [1.807, 2.05) is 19.9 Å². The van der Waals surface area contributed by atoms with Crippen LogP contribution in [0.2, 0.25) is 0 Å². The summed E-state index contributed by atoms with van der Waals surface area (Å²) in [5, 5.41) is 18.2. The highest BCUT2D eigenvalue weighted by molar-refractivity contribution is 5.99. The number of azo groups is 1. The highest BCUT2D eigenvalue weighted by Crippen LogP contribution is 2.15. The standard InChI is InChI=1S/C10H8N4/c1-5-7-3-8-6(2)12-14-10(8)4-9(7)13-11-5/h3-4H,1-2H3. The third-order valence-corrected chi connectivity index (χ3v) is 2.51. The molecule has 2 aliphatic heterocycles. The largest absolute Gasteiger partial charge is 0.155 e. The van der Waals surface area contributed by atoms with Gasteiger partial charge in [-0.15, -0.1) is 0 Å². The number of nitrogens with zero attached hydrogens (tertiary/aromatic N) is 4. The first-order chi connectivity index (χ1) is 6.75. The highest BCUT2D eigenvalue weighted by Gasteiger charge is 2.12. The molecule has 0 bridgehead atoms. The molecule has 0 amide bonds. The summed E-state index contributed by atoms with van der Waals surface area (Å²) in [5.41, 5.74) is 3.91. The van der Waals surface area contributed by atoms with E-state index in [1.54, 1.807) is 0 Å². The van der Waals surface area contributed by atoms with Crippen molar-refractivity contribution in [1.82, 2.24) is 0 Å². The van der Waals surface area contributed by atoms with Crippen molar-refractivity contribution >= 4 is 17.1 Å². The molecule has 3 rings (SSSR count). The third-order valence-electron chi connectivity index (χ3n) is 2.51. The zero-order chi connectivity index (χ0) is 9.71. The second kappa shape index (κ2) is 2.35. The lowest BCUT2D eigenvalue weighted by Crippen LogP contribution is -2.15. The molecule has 0 atom stereocenters. The smallest absolute Gasteiger partial charge is 0.0970 e. The van der Waals surface area contributed by atoms with Gasteiger partial charge in [0.05, 0.1) is 22.5 Å². The Morgan fingerprint density at radius 2 is 1.86 bits per heavy atom. The van der Waals surface area contributed by atoms with Crippen molar-refractivity contribution in [1.29, 1.82) is 0 Å². The molecule has 2 heterocycles. The summed E-state index contributed by atoms with van der Waals surface area (Å²) in [7, 11) is 0. The van der Waals surface area contributed by atoms with Crippen LogP contribution < -0.4 is 10.6 Å². The van der Waals surface area contributed by atoms with Crippen molar-refractivity contribution in [3.05, 3.63) is 28.3 Å². The van der Waals surface area contributed by atoms with Crippen LogP contribution in [0.3, 0.4) is 0 Å². The Labute approximate surface area is 80.4 Å². The minimum Gasteiger partial charge on any atom is -0.155 e. The van der Waals surface area contributed by atoms with Crippen molar-refractivity contribution < 1.29 is 0 Å². The normalized spacial score (nSPS) is 16.4. The Bertz CT molecular complexity index is 608. The number of rotatable bonds is 0. The predicted octanol–water partition coefficient (Wildman–Crippen LogP) is 1.27. The Morgan fingerprint density at radius 3 is 2.71 bits per heavy atom. The highest BCUT2D eigenvalue weighted by atomic mass is 15.2. The first-order valence-corrected chi connectivity index (χ1v) is 4.45. The number of hydrogen-bond acceptors (Lipinski definition) is 4. The van der Waals surface area contributed by atoms with Crippen molar-refractivity contribution in [2.75, 3.05) is 0 Å². The zero-order valence-electron chi connectivity index (χ0n) is 7.94. The fraction of sp³-hybridized carbons (Fsp3) is 0.200. The van der Waals surface area contributed by atoms with Gasteiger partial charge in [0.1, 0.15) is 0 Å². The lowest BCUT2D eigenvalue weighted by Gasteiger charge is -1.94. The lowest BCUT2D eigenvalue weighted by atomic mass is 10.1. The number of hydrogen-bond donors (Lipinski definition) is 0. The number of benzene rings is 1. The van der Waals surface area contributed by atoms with E-state index >= 15 is 0 Å². The molecule has 0 aliphatic carbocycles. The maximum atomic E-state index is 4.06. The van der Waals surface area contributed by atoms with Crippen LogP contribution in [0.25, 0.3) is 5.70 Å². The zero-order valence-corrected chi connectivity index (χ0v) is 7.94. The Kier molecular flexibility index (Phi) is 1.27. The van der Waals surface area contributed by atoms with Crippen molar-refractivity contribution in [2.45, 2.75) is 13.8 Å². The van der Waals surface area contributed by atoms with E-state index in [1.165, 1.54) is 0 Å². The minimum atomic E-state index is 0.898. The summed E-state index contributed by atoms with van der Waals surface area (Å²) in [4.78, 5) is 0. The minimum absolute atomic E-state index is 0.898. The van der Waals surface area contributed by atoms with E-state index in [2.05, 4.69) is 26.5 Å². The summed E-state index contributed by atoms with van der Waals surface area (Å²) in [6.07, 6.45) is 0. The first-order valence-electron chi connectivity index (χ1n) is 4.45. The van der Waals surface area contributed by atoms with E-state index < -0.39 is 0 Å². The van der Waals surface area contributed by atoms with Gasteiger partial charge in [0.25, 0.3) is 0 Å². The van der Waals surface area contributed by atoms with Crippen LogP contribution >= 0.6 is 0 Å². The van der Waals surface area contributed by atoms with E-state index in [4.69, 9.17) is 0 Å². The molecular weight excluding hydrogens is 176 g/mol. The molecule has 0 N–H and O–H groups in total. The van der Waals surface area contributed by atoms with E-state index in [9.17, 15) is 0 Å². The molecular formula is C10H8N4. The quantitative estimate of drug-likeness (QED) is 0.583. The fourth-order valence-electron chi connectivity index (χ4n) is 1.69. The predicted molar refractivity (Wildman–Crippen MR) is 53.0 cm³/mol. The van der Waals surface area contributed by atoms with Crippen LogP contribution in [0, 0.1) is 0 Å². The van der Waals surface area contributed by atoms with Gasteiger partial charge in [-0.25, -0.2) is 0 Å². The van der Waals surface area contributed by atoms with Gasteiger partial charge >= 0.3 is 0 Å². The first kappa shape index (κ1) is 7.55. The molecule has 14 heavy (non-hydrogen) atoms. The lowest BCUT2D eigenvalue weighted by molar-refractivity contribution is 1.17. The van der Waals surface area contributed by atoms with Crippen LogP contribution in [0.15, 0.2) is 32.6 Å². The fourth-order valence-corrected chi connectivity index (χ4v) is 1.69. The molecule has 2 aliphatic rings. The van der Waals surface area contributed by atoms with Gasteiger partial charge in [0.2, 0.25) is 0 Å². The van der Waals surface area contributed by atoms with E-state index in [0.717, 1.165) is 33.2 Å². The van der Waals surface area contributed by atoms with Crippen LogP contribution in [-0.4, -0.2) is 5.71 Å². The molecule has 1 aromatic carbocycles. The summed E-state index contributed by atoms with van der Waals surface area (Å²) >= 11 is 0. The monoisotopic (exact) mass is 184 g/mol. The van der Waals surface area contributed by atoms with Crippen LogP contribution in [0.4, 0.5) is 5.69 Å². The Hall–Kier alpha value is -1.84. The van der Waals surface area contributed by atoms with Gasteiger partial charge in [-0.3, -0.25) is 0 Å². The molecule has 0 aromatic heterocycles. The third kappa shape index (κ3) is 0.824. The molecule has 0 saturated heterocycles. The van der Waals surface area contributed by atoms with Gasteiger partial charge in [0.15, 0.2) is 0 Å². The van der Waals surface area contributed by atoms with Crippen LogP contribution in [-0.2, 0) is 0 Å².